The highest BCUT2D eigenvalue weighted by Crippen LogP contribution is 2.16. The highest BCUT2D eigenvalue weighted by Gasteiger charge is 2.15. The summed E-state index contributed by atoms with van der Waals surface area (Å²) in [5.41, 5.74) is 3.00. The number of hydrogen-bond acceptors (Lipinski definition) is 7. The van der Waals surface area contributed by atoms with E-state index in [9.17, 15) is 9.59 Å². The van der Waals surface area contributed by atoms with Crippen molar-refractivity contribution in [3.05, 3.63) is 84.3 Å². The number of rotatable bonds is 12. The Morgan fingerprint density at radius 3 is 2.65 bits per heavy atom. The fourth-order valence-corrected chi connectivity index (χ4v) is 3.11. The molecule has 4 N–H and O–H groups in total. The second-order valence-electron chi connectivity index (χ2n) is 7.49. The first-order chi connectivity index (χ1) is 16.6. The van der Waals surface area contributed by atoms with Crippen molar-refractivity contribution in [1.29, 1.82) is 0 Å². The van der Waals surface area contributed by atoms with E-state index in [1.54, 1.807) is 24.5 Å². The van der Waals surface area contributed by atoms with Crippen LogP contribution in [0.25, 0.3) is 0 Å². The van der Waals surface area contributed by atoms with Crippen molar-refractivity contribution < 1.29 is 9.59 Å². The van der Waals surface area contributed by atoms with Crippen LogP contribution >= 0.6 is 0 Å². The molecule has 176 valence electrons. The van der Waals surface area contributed by atoms with Crippen molar-refractivity contribution >= 4 is 29.3 Å². The molecular weight excluding hydrogens is 430 g/mol. The van der Waals surface area contributed by atoms with Crippen LogP contribution in [0.4, 0.5) is 17.5 Å². The van der Waals surface area contributed by atoms with Crippen LogP contribution in [0.2, 0.25) is 0 Å². The Bertz CT molecular complexity index is 1120. The maximum Gasteiger partial charge on any atom is 0.256 e. The monoisotopic (exact) mass is 459 g/mol. The molecule has 1 aromatic carbocycles. The van der Waals surface area contributed by atoms with Crippen LogP contribution < -0.4 is 21.3 Å². The van der Waals surface area contributed by atoms with Gasteiger partial charge < -0.3 is 21.3 Å². The minimum Gasteiger partial charge on any atom is -0.369 e. The molecule has 9 nitrogen and oxygen atoms in total. The van der Waals surface area contributed by atoms with Gasteiger partial charge in [-0.15, -0.1) is 0 Å². The van der Waals surface area contributed by atoms with Gasteiger partial charge in [0.2, 0.25) is 11.9 Å². The van der Waals surface area contributed by atoms with Gasteiger partial charge in [-0.2, -0.15) is 4.98 Å². The Morgan fingerprint density at radius 2 is 1.88 bits per heavy atom. The molecule has 2 amide bonds. The highest BCUT2D eigenvalue weighted by molar-refractivity contribution is 5.99. The number of hydrogen-bond donors (Lipinski definition) is 4. The number of nitrogens with zero attached hydrogens (tertiary/aromatic N) is 3. The second kappa shape index (κ2) is 12.7. The Balaban J connectivity index is 1.63. The lowest BCUT2D eigenvalue weighted by molar-refractivity contribution is -0.111. The number of pyridine rings is 1. The topological polar surface area (TPSA) is 121 Å². The molecule has 9 heteroatoms. The third kappa shape index (κ3) is 7.40. The van der Waals surface area contributed by atoms with Gasteiger partial charge >= 0.3 is 0 Å². The van der Waals surface area contributed by atoms with Gasteiger partial charge in [-0.05, 0) is 54.3 Å². The molecule has 0 spiro atoms. The van der Waals surface area contributed by atoms with E-state index in [-0.39, 0.29) is 18.4 Å². The SMILES string of the molecule is C=CC(=O)Nc1cccc(CNC(=O)c2cnc(NCCc3ccncc3)nc2NCCC)c1. The summed E-state index contributed by atoms with van der Waals surface area (Å²) in [5.74, 6) is 0.351. The minimum atomic E-state index is -0.292. The lowest BCUT2D eigenvalue weighted by Crippen LogP contribution is -2.25. The van der Waals surface area contributed by atoms with E-state index >= 15 is 0 Å². The second-order valence-corrected chi connectivity index (χ2v) is 7.49. The number of carbonyl (C=O) groups is 2. The molecule has 3 aromatic rings. The van der Waals surface area contributed by atoms with E-state index in [1.807, 2.05) is 31.2 Å². The number of anilines is 3. The van der Waals surface area contributed by atoms with Crippen molar-refractivity contribution in [2.75, 3.05) is 29.0 Å². The molecular formula is C25H29N7O2. The highest BCUT2D eigenvalue weighted by atomic mass is 16.2. The van der Waals surface area contributed by atoms with Gasteiger partial charge in [0.1, 0.15) is 11.4 Å². The number of amides is 2. The standard InChI is InChI=1S/C25H29N7O2/c1-3-11-27-23-21(17-30-25(32-23)28-14-10-18-8-12-26-13-9-18)24(34)29-16-19-6-5-7-20(15-19)31-22(33)4-2/h4-9,12-13,15,17H,2-3,10-11,14,16H2,1H3,(H,29,34)(H,31,33)(H2,27,28,30,32). The summed E-state index contributed by atoms with van der Waals surface area (Å²) in [6, 6.07) is 11.2. The maximum atomic E-state index is 12.9. The normalized spacial score (nSPS) is 10.3. The Morgan fingerprint density at radius 1 is 1.06 bits per heavy atom. The van der Waals surface area contributed by atoms with Crippen molar-refractivity contribution in [2.45, 2.75) is 26.3 Å². The predicted molar refractivity (Wildman–Crippen MR) is 134 cm³/mol. The van der Waals surface area contributed by atoms with Crippen LogP contribution in [0.5, 0.6) is 0 Å². The first-order valence-electron chi connectivity index (χ1n) is 11.1. The van der Waals surface area contributed by atoms with Gasteiger partial charge in [0, 0.05) is 43.9 Å². The molecule has 0 saturated carbocycles. The Hall–Kier alpha value is -4.27. The zero-order valence-corrected chi connectivity index (χ0v) is 19.2. The van der Waals surface area contributed by atoms with Crippen LogP contribution in [0, 0.1) is 0 Å². The molecule has 2 aromatic heterocycles. The van der Waals surface area contributed by atoms with E-state index in [0.29, 0.717) is 36.1 Å². The zero-order valence-electron chi connectivity index (χ0n) is 19.2. The molecule has 0 bridgehead atoms. The van der Waals surface area contributed by atoms with E-state index < -0.39 is 0 Å². The summed E-state index contributed by atoms with van der Waals surface area (Å²) in [7, 11) is 0. The van der Waals surface area contributed by atoms with E-state index in [0.717, 1.165) is 24.0 Å². The smallest absolute Gasteiger partial charge is 0.256 e. The van der Waals surface area contributed by atoms with E-state index in [2.05, 4.69) is 42.8 Å². The van der Waals surface area contributed by atoms with Gasteiger partial charge in [-0.3, -0.25) is 14.6 Å². The first-order valence-corrected chi connectivity index (χ1v) is 11.1. The molecule has 34 heavy (non-hydrogen) atoms. The van der Waals surface area contributed by atoms with Crippen molar-refractivity contribution in [1.82, 2.24) is 20.3 Å². The number of nitrogens with one attached hydrogen (secondary N) is 4. The van der Waals surface area contributed by atoms with Crippen LogP contribution in [0.15, 0.2) is 67.6 Å². The summed E-state index contributed by atoms with van der Waals surface area (Å²) in [6.45, 7) is 7.11. The predicted octanol–water partition coefficient (Wildman–Crippen LogP) is 3.40. The largest absolute Gasteiger partial charge is 0.369 e. The maximum absolute atomic E-state index is 12.9. The molecule has 0 atom stereocenters. The molecule has 0 radical (unpaired) electrons. The first kappa shape index (κ1) is 24.4. The molecule has 0 unspecified atom stereocenters. The van der Waals surface area contributed by atoms with Gasteiger partial charge in [-0.25, -0.2) is 4.98 Å². The summed E-state index contributed by atoms with van der Waals surface area (Å²) in [4.78, 5) is 37.2. The summed E-state index contributed by atoms with van der Waals surface area (Å²) < 4.78 is 0. The van der Waals surface area contributed by atoms with Gasteiger partial charge in [-0.1, -0.05) is 25.6 Å². The molecule has 0 aliphatic carbocycles. The number of benzene rings is 1. The molecule has 0 aliphatic heterocycles. The minimum absolute atomic E-state index is 0.287. The van der Waals surface area contributed by atoms with Crippen molar-refractivity contribution in [2.24, 2.45) is 0 Å². The molecule has 3 rings (SSSR count). The lowest BCUT2D eigenvalue weighted by atomic mass is 10.2. The van der Waals surface area contributed by atoms with Crippen LogP contribution in [0.3, 0.4) is 0 Å². The van der Waals surface area contributed by atoms with E-state index in [4.69, 9.17) is 0 Å². The van der Waals surface area contributed by atoms with Crippen molar-refractivity contribution in [3.8, 4) is 0 Å². The average Bonchev–Trinajstić information content (AvgIpc) is 2.87. The molecule has 2 heterocycles. The third-order valence-electron chi connectivity index (χ3n) is 4.85. The number of aromatic nitrogens is 3. The van der Waals surface area contributed by atoms with Crippen LogP contribution in [-0.4, -0.2) is 39.9 Å². The quantitative estimate of drug-likeness (QED) is 0.306. The fourth-order valence-electron chi connectivity index (χ4n) is 3.11. The zero-order chi connectivity index (χ0) is 24.2. The summed E-state index contributed by atoms with van der Waals surface area (Å²) in [5, 5.41) is 12.0. The van der Waals surface area contributed by atoms with Gasteiger partial charge in [0.05, 0.1) is 0 Å². The lowest BCUT2D eigenvalue weighted by Gasteiger charge is -2.13. The van der Waals surface area contributed by atoms with Crippen LogP contribution in [-0.2, 0) is 17.8 Å². The Labute approximate surface area is 199 Å². The van der Waals surface area contributed by atoms with Crippen LogP contribution in [0.1, 0.15) is 34.8 Å². The fraction of sp³-hybridized carbons (Fsp3) is 0.240. The Kier molecular flexibility index (Phi) is 9.09. The third-order valence-corrected chi connectivity index (χ3v) is 4.85. The summed E-state index contributed by atoms with van der Waals surface area (Å²) in [6.07, 6.45) is 7.95. The average molecular weight is 460 g/mol. The van der Waals surface area contributed by atoms with Crippen molar-refractivity contribution in [3.63, 3.8) is 0 Å². The van der Waals surface area contributed by atoms with Gasteiger partial charge in [0.25, 0.3) is 5.91 Å². The summed E-state index contributed by atoms with van der Waals surface area (Å²) >= 11 is 0. The molecule has 0 saturated heterocycles. The van der Waals surface area contributed by atoms with E-state index in [1.165, 1.54) is 12.3 Å². The number of carbonyl (C=O) groups excluding carboxylic acids is 2. The molecule has 0 aliphatic rings. The van der Waals surface area contributed by atoms with Gasteiger partial charge in [0.15, 0.2) is 0 Å². The molecule has 0 fully saturated rings.